The minimum absolute atomic E-state index is 0.149. The van der Waals surface area contributed by atoms with Crippen LogP contribution in [0, 0.1) is 0 Å². The first kappa shape index (κ1) is 17.1. The lowest BCUT2D eigenvalue weighted by Gasteiger charge is -2.03. The molecule has 1 aromatic heterocycles. The van der Waals surface area contributed by atoms with Crippen LogP contribution in [-0.2, 0) is 9.59 Å². The molecule has 0 spiro atoms. The van der Waals surface area contributed by atoms with Gasteiger partial charge < -0.3 is 5.11 Å². The Bertz CT molecular complexity index is 673. The number of azide groups is 1. The van der Waals surface area contributed by atoms with Gasteiger partial charge in [0, 0.05) is 11.1 Å². The van der Waals surface area contributed by atoms with E-state index >= 15 is 0 Å². The van der Waals surface area contributed by atoms with Gasteiger partial charge >= 0.3 is 0 Å². The molecule has 0 aliphatic carbocycles. The van der Waals surface area contributed by atoms with Crippen LogP contribution in [0.1, 0.15) is 6.92 Å². The number of aliphatic imine (C=N–C) groups is 1. The highest BCUT2D eigenvalue weighted by molar-refractivity contribution is 6.29. The number of carbonyl (C=O) groups excluding carboxylic acids is 2. The minimum atomic E-state index is -0.899. The monoisotopic (exact) mass is 323 g/mol. The summed E-state index contributed by atoms with van der Waals surface area (Å²) in [6.45, 7) is 0.701. The van der Waals surface area contributed by atoms with Crippen LogP contribution in [-0.4, -0.2) is 39.9 Å². The summed E-state index contributed by atoms with van der Waals surface area (Å²) in [5, 5.41) is 21.8. The summed E-state index contributed by atoms with van der Waals surface area (Å²) in [6.07, 6.45) is 1.02. The predicted molar refractivity (Wildman–Crippen MR) is 77.7 cm³/mol. The second-order valence-corrected chi connectivity index (χ2v) is 4.13. The highest BCUT2D eigenvalue weighted by Crippen LogP contribution is 2.10. The third-order valence-corrected chi connectivity index (χ3v) is 2.31. The van der Waals surface area contributed by atoms with Gasteiger partial charge in [-0.1, -0.05) is 16.7 Å². The number of nitrogens with zero attached hydrogens (tertiary/aromatic N) is 6. The van der Waals surface area contributed by atoms with Crippen LogP contribution in [0.4, 0.5) is 5.82 Å². The zero-order chi connectivity index (χ0) is 16.5. The molecule has 1 heterocycles. The Kier molecular flexibility index (Phi) is 6.48. The van der Waals surface area contributed by atoms with Crippen LogP contribution < -0.4 is 5.32 Å². The number of hydrogen-bond donors (Lipinski definition) is 2. The number of aliphatic hydroxyl groups excluding tert-OH is 1. The molecule has 1 aromatic rings. The van der Waals surface area contributed by atoms with Crippen molar-refractivity contribution >= 4 is 35.4 Å². The van der Waals surface area contributed by atoms with Gasteiger partial charge in [-0.2, -0.15) is 0 Å². The normalized spacial score (nSPS) is 11.5. The predicted octanol–water partition coefficient (Wildman–Crippen LogP) is 1.62. The molecule has 0 radical (unpaired) electrons. The van der Waals surface area contributed by atoms with Crippen LogP contribution >= 0.6 is 11.6 Å². The molecule has 0 saturated heterocycles. The highest BCUT2D eigenvalue weighted by Gasteiger charge is 2.14. The van der Waals surface area contributed by atoms with Crippen molar-refractivity contribution in [2.45, 2.75) is 6.92 Å². The topological polar surface area (TPSA) is 153 Å². The van der Waals surface area contributed by atoms with Crippen molar-refractivity contribution in [2.24, 2.45) is 10.1 Å². The number of carbonyl (C=O) groups is 2. The fourth-order valence-corrected chi connectivity index (χ4v) is 1.25. The second-order valence-electron chi connectivity index (χ2n) is 3.74. The van der Waals surface area contributed by atoms with Gasteiger partial charge in [-0.25, -0.2) is 4.99 Å². The van der Waals surface area contributed by atoms with Crippen molar-refractivity contribution in [2.75, 3.05) is 6.54 Å². The average molecular weight is 324 g/mol. The van der Waals surface area contributed by atoms with E-state index in [9.17, 15) is 14.7 Å². The van der Waals surface area contributed by atoms with E-state index < -0.39 is 18.4 Å². The second kappa shape index (κ2) is 8.35. The first-order valence-electron chi connectivity index (χ1n) is 5.72. The Morgan fingerprint density at radius 3 is 2.77 bits per heavy atom. The lowest BCUT2D eigenvalue weighted by Crippen LogP contribution is -2.34. The summed E-state index contributed by atoms with van der Waals surface area (Å²) in [6, 6.07) is 2.89. The molecule has 0 aliphatic heterocycles. The SMILES string of the molecule is C/C(O)=C(/C=Nc1ccc(Cl)nn1)C(=O)NC(=O)CN=[N+]=[N-]. The van der Waals surface area contributed by atoms with E-state index in [1.807, 2.05) is 5.32 Å². The molecule has 0 unspecified atom stereocenters. The standard InChI is InChI=1S/C11H10ClN7O3/c1-6(20)7(11(22)16-10(21)5-15-19-13)4-14-9-3-2-8(12)17-18-9/h2-4,20H,5H2,1H3,(H,16,21,22)/b7-6+,14-4?. The molecule has 11 heteroatoms. The first-order chi connectivity index (χ1) is 10.4. The lowest BCUT2D eigenvalue weighted by atomic mass is 10.2. The highest BCUT2D eigenvalue weighted by atomic mass is 35.5. The Morgan fingerprint density at radius 2 is 2.23 bits per heavy atom. The minimum Gasteiger partial charge on any atom is -0.512 e. The number of imide groups is 1. The molecule has 0 aromatic carbocycles. The molecule has 0 aliphatic rings. The van der Waals surface area contributed by atoms with E-state index in [2.05, 4.69) is 25.2 Å². The molecule has 114 valence electrons. The molecular formula is C11H10ClN7O3. The number of allylic oxidation sites excluding steroid dienone is 1. The molecule has 0 fully saturated rings. The summed E-state index contributed by atoms with van der Waals surface area (Å²) >= 11 is 5.56. The third-order valence-electron chi connectivity index (χ3n) is 2.11. The van der Waals surface area contributed by atoms with Crippen LogP contribution in [0.15, 0.2) is 33.6 Å². The van der Waals surface area contributed by atoms with E-state index in [1.54, 1.807) is 0 Å². The first-order valence-corrected chi connectivity index (χ1v) is 6.10. The van der Waals surface area contributed by atoms with Gasteiger partial charge in [0.1, 0.15) is 12.3 Å². The molecular weight excluding hydrogens is 314 g/mol. The van der Waals surface area contributed by atoms with Gasteiger partial charge in [0.05, 0.1) is 5.57 Å². The number of aromatic nitrogens is 2. The molecule has 10 nitrogen and oxygen atoms in total. The van der Waals surface area contributed by atoms with Gasteiger partial charge in [-0.3, -0.25) is 14.9 Å². The number of amides is 2. The summed E-state index contributed by atoms with van der Waals surface area (Å²) in [4.78, 5) is 29.3. The Balaban J connectivity index is 2.84. The van der Waals surface area contributed by atoms with Gasteiger partial charge in [0.2, 0.25) is 5.91 Å². The summed E-state index contributed by atoms with van der Waals surface area (Å²) < 4.78 is 0. The van der Waals surface area contributed by atoms with Crippen molar-refractivity contribution in [3.63, 3.8) is 0 Å². The quantitative estimate of drug-likeness (QED) is 0.210. The summed E-state index contributed by atoms with van der Waals surface area (Å²) in [7, 11) is 0. The summed E-state index contributed by atoms with van der Waals surface area (Å²) in [5.74, 6) is -1.93. The number of aliphatic hydroxyl groups is 1. The Morgan fingerprint density at radius 1 is 1.50 bits per heavy atom. The number of rotatable bonds is 5. The third kappa shape index (κ3) is 5.57. The van der Waals surface area contributed by atoms with Crippen molar-refractivity contribution in [1.82, 2.24) is 15.5 Å². The smallest absolute Gasteiger partial charge is 0.262 e. The number of hydrogen-bond acceptors (Lipinski definition) is 7. The van der Waals surface area contributed by atoms with Crippen molar-refractivity contribution in [1.29, 1.82) is 0 Å². The maximum absolute atomic E-state index is 11.8. The molecule has 2 amide bonds. The lowest BCUT2D eigenvalue weighted by molar-refractivity contribution is -0.127. The van der Waals surface area contributed by atoms with Gasteiger partial charge in [-0.05, 0) is 24.6 Å². The van der Waals surface area contributed by atoms with Gasteiger partial charge in [-0.15, -0.1) is 10.2 Å². The number of nitrogens with one attached hydrogen (secondary N) is 1. The number of halogens is 1. The fraction of sp³-hybridized carbons (Fsp3) is 0.182. The molecule has 0 saturated carbocycles. The zero-order valence-electron chi connectivity index (χ0n) is 11.3. The van der Waals surface area contributed by atoms with E-state index in [4.69, 9.17) is 17.1 Å². The van der Waals surface area contributed by atoms with Crippen molar-refractivity contribution < 1.29 is 14.7 Å². The Hall–Kier alpha value is -2.97. The van der Waals surface area contributed by atoms with Crippen molar-refractivity contribution in [3.8, 4) is 0 Å². The van der Waals surface area contributed by atoms with E-state index in [-0.39, 0.29) is 22.3 Å². The van der Waals surface area contributed by atoms with Crippen LogP contribution in [0.3, 0.4) is 0 Å². The van der Waals surface area contributed by atoms with Gasteiger partial charge in [0.15, 0.2) is 11.0 Å². The maximum Gasteiger partial charge on any atom is 0.262 e. The largest absolute Gasteiger partial charge is 0.512 e. The molecule has 2 N–H and O–H groups in total. The zero-order valence-corrected chi connectivity index (χ0v) is 12.0. The van der Waals surface area contributed by atoms with E-state index in [0.717, 1.165) is 6.21 Å². The molecule has 0 atom stereocenters. The molecule has 1 rings (SSSR count). The van der Waals surface area contributed by atoms with Crippen LogP contribution in [0.2, 0.25) is 5.15 Å². The van der Waals surface area contributed by atoms with E-state index in [0.29, 0.717) is 0 Å². The molecule has 22 heavy (non-hydrogen) atoms. The van der Waals surface area contributed by atoms with Crippen LogP contribution in [0.25, 0.3) is 10.4 Å². The van der Waals surface area contributed by atoms with E-state index in [1.165, 1.54) is 19.1 Å². The van der Waals surface area contributed by atoms with Crippen LogP contribution in [0.5, 0.6) is 0 Å². The van der Waals surface area contributed by atoms with Gasteiger partial charge in [0.25, 0.3) is 5.91 Å². The summed E-state index contributed by atoms with van der Waals surface area (Å²) in [5.41, 5.74) is 7.82. The molecule has 0 bridgehead atoms. The Labute approximate surface area is 129 Å². The average Bonchev–Trinajstić information content (AvgIpc) is 2.46. The maximum atomic E-state index is 11.8. The van der Waals surface area contributed by atoms with Crippen molar-refractivity contribution in [3.05, 3.63) is 39.1 Å². The fourth-order valence-electron chi connectivity index (χ4n) is 1.15.